The monoisotopic (exact) mass is 179 g/mol. The Morgan fingerprint density at radius 3 is 2.25 bits per heavy atom. The molecule has 0 aromatic carbocycles. The molecule has 0 saturated heterocycles. The summed E-state index contributed by atoms with van der Waals surface area (Å²) in [5, 5.41) is 9.45. The lowest BCUT2D eigenvalue weighted by atomic mass is 10.2. The van der Waals surface area contributed by atoms with Gasteiger partial charge in [-0.25, -0.2) is 0 Å². The zero-order valence-electron chi connectivity index (χ0n) is 7.66. The van der Waals surface area contributed by atoms with Crippen molar-refractivity contribution in [1.29, 1.82) is 0 Å². The van der Waals surface area contributed by atoms with Crippen molar-refractivity contribution >= 4 is 21.9 Å². The van der Waals surface area contributed by atoms with Crippen molar-refractivity contribution in [3.8, 4) is 0 Å². The maximum absolute atomic E-state index is 9.45. The molecule has 2 heteroatoms. The Morgan fingerprint density at radius 1 is 1.17 bits per heavy atom. The molecule has 0 unspecified atom stereocenters. The molecule has 0 spiro atoms. The quantitative estimate of drug-likeness (QED) is 0.402. The highest BCUT2D eigenvalue weighted by Crippen LogP contribution is 2.06. The molecule has 0 radical (unpaired) electrons. The van der Waals surface area contributed by atoms with E-state index >= 15 is 0 Å². The molecule has 0 N–H and O–H groups in total. The number of allylic oxidation sites excluding steroid dienone is 4. The fourth-order valence-electron chi connectivity index (χ4n) is 0.873. The third-order valence-electron chi connectivity index (χ3n) is 1.28. The summed E-state index contributed by atoms with van der Waals surface area (Å²) in [5.74, 6) is 0. The van der Waals surface area contributed by atoms with Gasteiger partial charge in [0.2, 0.25) is 4.86 Å². The van der Waals surface area contributed by atoms with Gasteiger partial charge in [-0.3, -0.25) is 0 Å². The summed E-state index contributed by atoms with van der Waals surface area (Å²) < 4.78 is 0.152. The van der Waals surface area contributed by atoms with E-state index in [2.05, 4.69) is 20.8 Å². The van der Waals surface area contributed by atoms with Gasteiger partial charge in [-0.2, -0.15) is 0 Å². The highest BCUT2D eigenvalue weighted by atomic mass is 32.1. The summed E-state index contributed by atoms with van der Waals surface area (Å²) in [7, 11) is 0. The molecule has 0 amide bonds. The van der Waals surface area contributed by atoms with Gasteiger partial charge in [0.05, 0.1) is 0 Å². The summed E-state index contributed by atoms with van der Waals surface area (Å²) in [4.78, 5) is 0.949. The zero-order valence-corrected chi connectivity index (χ0v) is 8.48. The van der Waals surface area contributed by atoms with Crippen LogP contribution in [0.2, 0.25) is 0 Å². The second kappa shape index (κ2) is 3.31. The minimum atomic E-state index is 0.152. The Hall–Kier alpha value is -0.760. The molecule has 0 bridgehead atoms. The first-order valence-corrected chi connectivity index (χ1v) is 4.78. The maximum Gasteiger partial charge on any atom is 0.208 e. The van der Waals surface area contributed by atoms with Gasteiger partial charge in [-0.05, 0) is 20.8 Å². The predicted molar refractivity (Wildman–Crippen MR) is 58.8 cm³/mol. The smallest absolute Gasteiger partial charge is 0.208 e. The third kappa shape index (κ3) is 2.70. The van der Waals surface area contributed by atoms with E-state index in [1.54, 1.807) is 17.4 Å². The average molecular weight is 179 g/mol. The Labute approximate surface area is 77.7 Å². The van der Waals surface area contributed by atoms with Gasteiger partial charge < -0.3 is 5.41 Å². The molecule has 12 heavy (non-hydrogen) atoms. The molecule has 0 aromatic heterocycles. The second-order valence-corrected chi connectivity index (χ2v) is 5.55. The van der Waals surface area contributed by atoms with Gasteiger partial charge >= 0.3 is 0 Å². The van der Waals surface area contributed by atoms with Gasteiger partial charge in [0, 0.05) is 6.08 Å². The molecule has 1 aliphatic rings. The van der Waals surface area contributed by atoms with Crippen LogP contribution in [0.5, 0.6) is 0 Å². The highest BCUT2D eigenvalue weighted by molar-refractivity contribution is 7.82. The van der Waals surface area contributed by atoms with Crippen molar-refractivity contribution in [3.05, 3.63) is 29.7 Å². The van der Waals surface area contributed by atoms with E-state index in [9.17, 15) is 5.41 Å². The molecule has 64 valence electrons. The predicted octanol–water partition coefficient (Wildman–Crippen LogP) is 2.18. The van der Waals surface area contributed by atoms with Crippen molar-refractivity contribution in [2.24, 2.45) is 0 Å². The molecular weight excluding hydrogens is 166 g/mol. The maximum atomic E-state index is 9.45. The van der Waals surface area contributed by atoms with Crippen LogP contribution >= 0.6 is 0 Å². The van der Waals surface area contributed by atoms with Crippen LogP contribution in [0.1, 0.15) is 20.8 Å². The molecule has 0 atom stereocenters. The first-order valence-electron chi connectivity index (χ1n) is 3.96. The molecule has 0 saturated carbocycles. The fraction of sp³-hybridized carbons (Fsp3) is 0.400. The minimum Gasteiger partial charge on any atom is -0.799 e. The van der Waals surface area contributed by atoms with Crippen LogP contribution in [-0.4, -0.2) is 15.3 Å². The van der Waals surface area contributed by atoms with E-state index in [4.69, 9.17) is 0 Å². The lowest BCUT2D eigenvalue weighted by molar-refractivity contribution is 0.808. The lowest BCUT2D eigenvalue weighted by Crippen LogP contribution is -2.20. The van der Waals surface area contributed by atoms with Gasteiger partial charge in [0.25, 0.3) is 0 Å². The largest absolute Gasteiger partial charge is 0.799 e. The Bertz CT molecular complexity index is 277. The molecular formula is C10H13NS. The van der Waals surface area contributed by atoms with Crippen molar-refractivity contribution in [3.63, 3.8) is 0 Å². The second-order valence-electron chi connectivity index (χ2n) is 3.68. The summed E-state index contributed by atoms with van der Waals surface area (Å²) in [6.45, 7) is 6.39. The van der Waals surface area contributed by atoms with Crippen LogP contribution in [0, 0.1) is 0 Å². The SMILES string of the molecule is CC(C)(C)[S+]=C1C=CC=CC1=[N-]. The van der Waals surface area contributed by atoms with E-state index in [0.29, 0.717) is 5.71 Å². The van der Waals surface area contributed by atoms with Crippen LogP contribution in [0.25, 0.3) is 5.41 Å². The van der Waals surface area contributed by atoms with Crippen molar-refractivity contribution in [1.82, 2.24) is 0 Å². The summed E-state index contributed by atoms with van der Waals surface area (Å²) in [6.07, 6.45) is 7.43. The van der Waals surface area contributed by atoms with E-state index in [1.807, 2.05) is 18.2 Å². The number of hydrogen-bond acceptors (Lipinski definition) is 0. The average Bonchev–Trinajstić information content (AvgIpc) is 1.91. The van der Waals surface area contributed by atoms with E-state index in [0.717, 1.165) is 4.86 Å². The Morgan fingerprint density at radius 2 is 1.75 bits per heavy atom. The molecule has 1 aliphatic carbocycles. The summed E-state index contributed by atoms with van der Waals surface area (Å²) in [5.41, 5.74) is 0.373. The number of hydrogen-bond donors (Lipinski definition) is 0. The van der Waals surface area contributed by atoms with Gasteiger partial charge in [0.1, 0.15) is 0 Å². The lowest BCUT2D eigenvalue weighted by Gasteiger charge is -2.06. The van der Waals surface area contributed by atoms with Gasteiger partial charge in [-0.1, -0.05) is 23.9 Å². The number of nitrogens with zero attached hydrogens (tertiary/aromatic N) is 1. The highest BCUT2D eigenvalue weighted by Gasteiger charge is 2.23. The van der Waals surface area contributed by atoms with Crippen LogP contribution in [0.3, 0.4) is 0 Å². The topological polar surface area (TPSA) is 22.3 Å². The molecule has 0 aliphatic heterocycles. The van der Waals surface area contributed by atoms with Crippen molar-refractivity contribution < 1.29 is 0 Å². The first kappa shape index (κ1) is 9.33. The Kier molecular flexibility index (Phi) is 2.58. The van der Waals surface area contributed by atoms with Crippen LogP contribution < -0.4 is 0 Å². The van der Waals surface area contributed by atoms with E-state index < -0.39 is 0 Å². The third-order valence-corrected chi connectivity index (χ3v) is 2.46. The first-order chi connectivity index (χ1) is 5.49. The zero-order chi connectivity index (χ0) is 9.19. The van der Waals surface area contributed by atoms with Crippen LogP contribution in [0.15, 0.2) is 24.3 Å². The normalized spacial score (nSPS) is 20.6. The standard InChI is InChI=1S/C10H13NS/c1-10(2,3)12-9-7-5-4-6-8(9)11/h4-7H,1-3H3. The molecule has 0 aromatic rings. The van der Waals surface area contributed by atoms with Gasteiger partial charge in [-0.15, -0.1) is 0 Å². The van der Waals surface area contributed by atoms with Crippen LogP contribution in [-0.2, 0) is 11.4 Å². The number of rotatable bonds is 0. The van der Waals surface area contributed by atoms with Crippen molar-refractivity contribution in [2.45, 2.75) is 25.5 Å². The molecule has 1 rings (SSSR count). The Balaban J connectivity index is 2.90. The van der Waals surface area contributed by atoms with E-state index in [1.165, 1.54) is 0 Å². The van der Waals surface area contributed by atoms with Gasteiger partial charge in [0.15, 0.2) is 16.1 Å². The van der Waals surface area contributed by atoms with E-state index in [-0.39, 0.29) is 4.75 Å². The van der Waals surface area contributed by atoms with Crippen molar-refractivity contribution in [2.75, 3.05) is 0 Å². The molecule has 0 heterocycles. The fourth-order valence-corrected chi connectivity index (χ4v) is 1.85. The summed E-state index contributed by atoms with van der Waals surface area (Å²) in [6, 6.07) is 0. The minimum absolute atomic E-state index is 0.152. The molecule has 0 fully saturated rings. The molecule has 1 nitrogen and oxygen atoms in total. The summed E-state index contributed by atoms with van der Waals surface area (Å²) >= 11 is 1.68. The van der Waals surface area contributed by atoms with Crippen LogP contribution in [0.4, 0.5) is 0 Å².